The molecule has 76 valence electrons. The van der Waals surface area contributed by atoms with Crippen molar-refractivity contribution in [3.05, 3.63) is 16.1 Å². The van der Waals surface area contributed by atoms with Gasteiger partial charge in [0.25, 0.3) is 0 Å². The Kier molecular flexibility index (Phi) is 4.06. The van der Waals surface area contributed by atoms with Crippen molar-refractivity contribution in [2.24, 2.45) is 5.16 Å². The Labute approximate surface area is 85.4 Å². The summed E-state index contributed by atoms with van der Waals surface area (Å²) in [4.78, 5) is 19.1. The highest BCUT2D eigenvalue weighted by atomic mass is 32.1. The number of hydrogen-bond donors (Lipinski definition) is 0. The zero-order chi connectivity index (χ0) is 10.4. The lowest BCUT2D eigenvalue weighted by Crippen LogP contribution is -2.02. The molecule has 0 bridgehead atoms. The van der Waals surface area contributed by atoms with Crippen molar-refractivity contribution in [2.75, 3.05) is 6.61 Å². The molecule has 1 aromatic rings. The fraction of sp³-hybridized carbons (Fsp3) is 0.375. The van der Waals surface area contributed by atoms with Crippen LogP contribution in [0.5, 0.6) is 0 Å². The van der Waals surface area contributed by atoms with Crippen LogP contribution in [0.1, 0.15) is 17.6 Å². The fourth-order valence-electron chi connectivity index (χ4n) is 0.707. The number of aryl methyl sites for hydroxylation is 1. The molecule has 0 saturated heterocycles. The molecule has 0 saturated carbocycles. The van der Waals surface area contributed by atoms with Gasteiger partial charge in [0.1, 0.15) is 0 Å². The predicted molar refractivity (Wildman–Crippen MR) is 52.6 cm³/mol. The van der Waals surface area contributed by atoms with Crippen molar-refractivity contribution in [3.8, 4) is 0 Å². The molecule has 6 heteroatoms. The second kappa shape index (κ2) is 5.33. The van der Waals surface area contributed by atoms with Crippen LogP contribution in [-0.4, -0.2) is 24.0 Å². The molecule has 0 N–H and O–H groups in total. The van der Waals surface area contributed by atoms with E-state index in [1.165, 1.54) is 17.6 Å². The normalized spacial score (nSPS) is 10.4. The van der Waals surface area contributed by atoms with Gasteiger partial charge in [0, 0.05) is 5.38 Å². The molecule has 5 nitrogen and oxygen atoms in total. The average molecular weight is 214 g/mol. The van der Waals surface area contributed by atoms with Crippen LogP contribution in [0.4, 0.5) is 4.79 Å². The van der Waals surface area contributed by atoms with Crippen LogP contribution in [-0.2, 0) is 9.57 Å². The van der Waals surface area contributed by atoms with E-state index in [0.717, 1.165) is 5.01 Å². The highest BCUT2D eigenvalue weighted by Gasteiger charge is 2.00. The van der Waals surface area contributed by atoms with Gasteiger partial charge in [0.2, 0.25) is 0 Å². The minimum absolute atomic E-state index is 0.268. The molecule has 14 heavy (non-hydrogen) atoms. The third-order valence-corrected chi connectivity index (χ3v) is 2.00. The Bertz CT molecular complexity index is 335. The zero-order valence-corrected chi connectivity index (χ0v) is 8.71. The summed E-state index contributed by atoms with van der Waals surface area (Å²) < 4.78 is 4.49. The van der Waals surface area contributed by atoms with E-state index in [0.29, 0.717) is 5.69 Å². The van der Waals surface area contributed by atoms with E-state index in [4.69, 9.17) is 0 Å². The highest BCUT2D eigenvalue weighted by molar-refractivity contribution is 7.09. The van der Waals surface area contributed by atoms with Crippen LogP contribution in [0.2, 0.25) is 0 Å². The quantitative estimate of drug-likeness (QED) is 0.334. The Morgan fingerprint density at radius 2 is 2.57 bits per heavy atom. The third-order valence-electron chi connectivity index (χ3n) is 1.21. The van der Waals surface area contributed by atoms with Gasteiger partial charge in [-0.15, -0.1) is 11.3 Å². The van der Waals surface area contributed by atoms with E-state index in [2.05, 4.69) is 19.7 Å². The van der Waals surface area contributed by atoms with Crippen LogP contribution in [0.3, 0.4) is 0 Å². The molecule has 0 amide bonds. The van der Waals surface area contributed by atoms with Crippen molar-refractivity contribution in [1.29, 1.82) is 0 Å². The van der Waals surface area contributed by atoms with Gasteiger partial charge in [-0.05, 0) is 13.8 Å². The minimum atomic E-state index is -0.810. The summed E-state index contributed by atoms with van der Waals surface area (Å²) in [6, 6.07) is 0. The Morgan fingerprint density at radius 1 is 1.79 bits per heavy atom. The maximum Gasteiger partial charge on any atom is 0.535 e. The summed E-state index contributed by atoms with van der Waals surface area (Å²) in [6.45, 7) is 3.84. The zero-order valence-electron chi connectivity index (χ0n) is 7.89. The molecular formula is C8H10N2O3S. The van der Waals surface area contributed by atoms with Gasteiger partial charge in [-0.3, -0.25) is 4.84 Å². The first-order valence-corrected chi connectivity index (χ1v) is 4.89. The number of oxime groups is 1. The summed E-state index contributed by atoms with van der Waals surface area (Å²) >= 11 is 1.50. The number of nitrogens with zero attached hydrogens (tertiary/aromatic N) is 2. The van der Waals surface area contributed by atoms with E-state index in [9.17, 15) is 4.79 Å². The van der Waals surface area contributed by atoms with E-state index < -0.39 is 6.16 Å². The Hall–Kier alpha value is -1.43. The molecule has 0 radical (unpaired) electrons. The number of ether oxygens (including phenoxy) is 1. The number of carbonyl (C=O) groups is 1. The topological polar surface area (TPSA) is 60.8 Å². The summed E-state index contributed by atoms with van der Waals surface area (Å²) in [7, 11) is 0. The summed E-state index contributed by atoms with van der Waals surface area (Å²) in [5.41, 5.74) is 0.664. The van der Waals surface area contributed by atoms with Crippen molar-refractivity contribution in [1.82, 2.24) is 4.98 Å². The van der Waals surface area contributed by atoms with Gasteiger partial charge in [0.15, 0.2) is 0 Å². The van der Waals surface area contributed by atoms with Crippen molar-refractivity contribution < 1.29 is 14.4 Å². The van der Waals surface area contributed by atoms with Crippen molar-refractivity contribution in [2.45, 2.75) is 13.8 Å². The first-order chi connectivity index (χ1) is 6.72. The van der Waals surface area contributed by atoms with Gasteiger partial charge >= 0.3 is 6.16 Å². The lowest BCUT2D eigenvalue weighted by atomic mass is 10.5. The highest BCUT2D eigenvalue weighted by Crippen LogP contribution is 2.05. The number of thiazole rings is 1. The van der Waals surface area contributed by atoms with Gasteiger partial charge < -0.3 is 4.74 Å². The molecule has 0 aliphatic heterocycles. The standard InChI is InChI=1S/C8H10N2O3S/c1-3-12-8(11)13-9-4-7-5-14-6(2)10-7/h4-5H,3H2,1-2H3/b9-4-. The summed E-state index contributed by atoms with van der Waals surface area (Å²) in [5, 5.41) is 6.16. The lowest BCUT2D eigenvalue weighted by molar-refractivity contribution is 0.0618. The van der Waals surface area contributed by atoms with E-state index >= 15 is 0 Å². The predicted octanol–water partition coefficient (Wildman–Crippen LogP) is 1.96. The molecule has 0 atom stereocenters. The molecule has 0 aromatic carbocycles. The number of rotatable bonds is 3. The number of carbonyl (C=O) groups excluding carboxylic acids is 1. The molecule has 1 heterocycles. The van der Waals surface area contributed by atoms with Gasteiger partial charge in [-0.1, -0.05) is 5.16 Å². The molecule has 0 aliphatic carbocycles. The summed E-state index contributed by atoms with van der Waals surface area (Å²) in [5.74, 6) is 0. The SMILES string of the molecule is CCOC(=O)O/N=C\c1csc(C)n1. The number of hydrogen-bond acceptors (Lipinski definition) is 6. The van der Waals surface area contributed by atoms with Crippen molar-refractivity contribution >= 4 is 23.7 Å². The second-order valence-corrected chi connectivity index (χ2v) is 3.36. The van der Waals surface area contributed by atoms with Gasteiger partial charge in [-0.25, -0.2) is 9.78 Å². The molecular weight excluding hydrogens is 204 g/mol. The maximum atomic E-state index is 10.7. The molecule has 1 aromatic heterocycles. The first kappa shape index (κ1) is 10.6. The van der Waals surface area contributed by atoms with E-state index in [1.807, 2.05) is 12.3 Å². The van der Waals surface area contributed by atoms with Crippen LogP contribution in [0.15, 0.2) is 10.5 Å². The smallest absolute Gasteiger partial charge is 0.433 e. The van der Waals surface area contributed by atoms with Crippen LogP contribution in [0.25, 0.3) is 0 Å². The van der Waals surface area contributed by atoms with Crippen LogP contribution in [0, 0.1) is 6.92 Å². The Balaban J connectivity index is 2.37. The van der Waals surface area contributed by atoms with Crippen LogP contribution < -0.4 is 0 Å². The molecule has 0 spiro atoms. The van der Waals surface area contributed by atoms with E-state index in [-0.39, 0.29) is 6.61 Å². The minimum Gasteiger partial charge on any atom is -0.433 e. The first-order valence-electron chi connectivity index (χ1n) is 4.01. The monoisotopic (exact) mass is 214 g/mol. The molecule has 0 unspecified atom stereocenters. The van der Waals surface area contributed by atoms with Crippen LogP contribution >= 0.6 is 11.3 Å². The Morgan fingerprint density at radius 3 is 3.14 bits per heavy atom. The third kappa shape index (κ3) is 3.53. The van der Waals surface area contributed by atoms with Gasteiger partial charge in [-0.2, -0.15) is 0 Å². The largest absolute Gasteiger partial charge is 0.535 e. The van der Waals surface area contributed by atoms with Crippen molar-refractivity contribution in [3.63, 3.8) is 0 Å². The molecule has 0 aliphatic rings. The second-order valence-electron chi connectivity index (χ2n) is 2.30. The maximum absolute atomic E-state index is 10.7. The summed E-state index contributed by atoms with van der Waals surface area (Å²) in [6.07, 6.45) is 0.552. The average Bonchev–Trinajstić information content (AvgIpc) is 2.52. The number of aromatic nitrogens is 1. The lowest BCUT2D eigenvalue weighted by Gasteiger charge is -1.95. The molecule has 0 fully saturated rings. The van der Waals surface area contributed by atoms with Gasteiger partial charge in [0.05, 0.1) is 23.5 Å². The molecule has 1 rings (SSSR count). The fourth-order valence-corrected chi connectivity index (χ4v) is 1.27. The van der Waals surface area contributed by atoms with E-state index in [1.54, 1.807) is 6.92 Å².